The molecule has 1 heterocycles. The van der Waals surface area contributed by atoms with Crippen molar-refractivity contribution in [3.05, 3.63) is 35.4 Å². The van der Waals surface area contributed by atoms with Crippen LogP contribution in [0.25, 0.3) is 0 Å². The average Bonchev–Trinajstić information content (AvgIpc) is 2.45. The number of nitrogens with one attached hydrogen (secondary N) is 1. The summed E-state index contributed by atoms with van der Waals surface area (Å²) < 4.78 is 0. The molecular formula is C15H24N2O. The van der Waals surface area contributed by atoms with Gasteiger partial charge in [-0.3, -0.25) is 0 Å². The largest absolute Gasteiger partial charge is 0.305 e. The maximum absolute atomic E-state index is 4.85. The van der Waals surface area contributed by atoms with Crippen molar-refractivity contribution in [2.45, 2.75) is 32.2 Å². The average molecular weight is 248 g/mol. The predicted molar refractivity (Wildman–Crippen MR) is 74.3 cm³/mol. The minimum atomic E-state index is 0.767. The van der Waals surface area contributed by atoms with E-state index in [1.165, 1.54) is 50.0 Å². The van der Waals surface area contributed by atoms with Gasteiger partial charge in [-0.1, -0.05) is 30.7 Å². The minimum absolute atomic E-state index is 0.767. The Balaban J connectivity index is 1.75. The van der Waals surface area contributed by atoms with E-state index in [4.69, 9.17) is 4.84 Å². The highest BCUT2D eigenvalue weighted by Crippen LogP contribution is 2.10. The van der Waals surface area contributed by atoms with Gasteiger partial charge in [-0.25, -0.2) is 0 Å². The van der Waals surface area contributed by atoms with Crippen LogP contribution in [0.1, 0.15) is 30.4 Å². The first-order valence-corrected chi connectivity index (χ1v) is 6.94. The Bertz CT molecular complexity index is 331. The van der Waals surface area contributed by atoms with Crippen molar-refractivity contribution < 1.29 is 4.84 Å². The fraction of sp³-hybridized carbons (Fsp3) is 0.600. The zero-order valence-electron chi connectivity index (χ0n) is 11.3. The number of likely N-dealkylation sites (tertiary alicyclic amines) is 1. The van der Waals surface area contributed by atoms with Crippen LogP contribution in [0.15, 0.2) is 24.3 Å². The first kappa shape index (κ1) is 13.5. The van der Waals surface area contributed by atoms with Crippen LogP contribution < -0.4 is 5.48 Å². The molecule has 2 rings (SSSR count). The van der Waals surface area contributed by atoms with Crippen LogP contribution in [0.4, 0.5) is 0 Å². The van der Waals surface area contributed by atoms with E-state index in [0.717, 1.165) is 13.0 Å². The van der Waals surface area contributed by atoms with Crippen LogP contribution in [0.5, 0.6) is 0 Å². The number of rotatable bonds is 6. The van der Waals surface area contributed by atoms with E-state index in [-0.39, 0.29) is 0 Å². The van der Waals surface area contributed by atoms with E-state index in [9.17, 15) is 0 Å². The minimum Gasteiger partial charge on any atom is -0.305 e. The molecule has 1 aliphatic rings. The predicted octanol–water partition coefficient (Wildman–Crippen LogP) is 2.37. The molecule has 0 aliphatic carbocycles. The van der Waals surface area contributed by atoms with Crippen LogP contribution in [0, 0.1) is 0 Å². The van der Waals surface area contributed by atoms with Gasteiger partial charge in [0.25, 0.3) is 0 Å². The third kappa shape index (κ3) is 4.41. The lowest BCUT2D eigenvalue weighted by Gasteiger charge is -2.26. The Morgan fingerprint density at radius 3 is 2.39 bits per heavy atom. The lowest BCUT2D eigenvalue weighted by atomic mass is 10.1. The summed E-state index contributed by atoms with van der Waals surface area (Å²) in [5.41, 5.74) is 5.55. The highest BCUT2D eigenvalue weighted by Gasteiger charge is 2.09. The van der Waals surface area contributed by atoms with Gasteiger partial charge in [-0.2, -0.15) is 5.48 Å². The summed E-state index contributed by atoms with van der Waals surface area (Å²) in [6, 6.07) is 8.82. The number of nitrogens with zero attached hydrogens (tertiary/aromatic N) is 1. The van der Waals surface area contributed by atoms with Crippen LogP contribution in [-0.2, 0) is 17.8 Å². The SMILES string of the molecule is CONCc1ccc(CCN2CCCCC2)cc1. The Kier molecular flexibility index (Phi) is 5.65. The summed E-state index contributed by atoms with van der Waals surface area (Å²) in [6.07, 6.45) is 5.33. The molecule has 3 heteroatoms. The van der Waals surface area contributed by atoms with Gasteiger partial charge in [0.2, 0.25) is 0 Å². The van der Waals surface area contributed by atoms with Crippen molar-refractivity contribution in [1.29, 1.82) is 0 Å². The van der Waals surface area contributed by atoms with Crippen molar-refractivity contribution in [3.63, 3.8) is 0 Å². The normalized spacial score (nSPS) is 16.9. The number of hydroxylamine groups is 1. The van der Waals surface area contributed by atoms with Crippen LogP contribution in [-0.4, -0.2) is 31.6 Å². The second-order valence-corrected chi connectivity index (χ2v) is 4.99. The third-order valence-corrected chi connectivity index (χ3v) is 3.61. The first-order valence-electron chi connectivity index (χ1n) is 6.94. The van der Waals surface area contributed by atoms with E-state index >= 15 is 0 Å². The van der Waals surface area contributed by atoms with Crippen LogP contribution in [0.3, 0.4) is 0 Å². The fourth-order valence-corrected chi connectivity index (χ4v) is 2.45. The molecule has 0 saturated carbocycles. The van der Waals surface area contributed by atoms with Gasteiger partial charge in [-0.05, 0) is 43.5 Å². The zero-order chi connectivity index (χ0) is 12.6. The molecule has 1 aliphatic heterocycles. The van der Waals surface area contributed by atoms with Gasteiger partial charge in [0.15, 0.2) is 0 Å². The highest BCUT2D eigenvalue weighted by molar-refractivity contribution is 5.22. The van der Waals surface area contributed by atoms with E-state index in [1.54, 1.807) is 7.11 Å². The van der Waals surface area contributed by atoms with Crippen LogP contribution >= 0.6 is 0 Å². The number of benzene rings is 1. The number of hydrogen-bond donors (Lipinski definition) is 1. The maximum Gasteiger partial charge on any atom is 0.0572 e. The molecule has 0 atom stereocenters. The fourth-order valence-electron chi connectivity index (χ4n) is 2.45. The molecule has 18 heavy (non-hydrogen) atoms. The Labute approximate surface area is 110 Å². The summed E-state index contributed by atoms with van der Waals surface area (Å²) in [7, 11) is 1.65. The molecule has 1 saturated heterocycles. The molecule has 100 valence electrons. The summed E-state index contributed by atoms with van der Waals surface area (Å²) in [4.78, 5) is 7.43. The molecule has 1 N–H and O–H groups in total. The van der Waals surface area contributed by atoms with Crippen molar-refractivity contribution in [1.82, 2.24) is 10.4 Å². The van der Waals surface area contributed by atoms with Gasteiger partial charge in [0, 0.05) is 13.1 Å². The third-order valence-electron chi connectivity index (χ3n) is 3.61. The molecule has 0 amide bonds. The molecule has 1 aromatic rings. The van der Waals surface area contributed by atoms with Crippen LogP contribution in [0.2, 0.25) is 0 Å². The molecule has 3 nitrogen and oxygen atoms in total. The Hall–Kier alpha value is -0.900. The van der Waals surface area contributed by atoms with Gasteiger partial charge < -0.3 is 9.74 Å². The summed E-state index contributed by atoms with van der Waals surface area (Å²) in [5, 5.41) is 0. The first-order chi connectivity index (χ1) is 8.88. The van der Waals surface area contributed by atoms with Crippen molar-refractivity contribution in [3.8, 4) is 0 Å². The van der Waals surface area contributed by atoms with E-state index in [1.807, 2.05) is 0 Å². The van der Waals surface area contributed by atoms with Gasteiger partial charge >= 0.3 is 0 Å². The Morgan fingerprint density at radius 1 is 1.06 bits per heavy atom. The van der Waals surface area contributed by atoms with Gasteiger partial charge in [0.05, 0.1) is 7.11 Å². The monoisotopic (exact) mass is 248 g/mol. The van der Waals surface area contributed by atoms with Gasteiger partial charge in [-0.15, -0.1) is 0 Å². The molecule has 1 fully saturated rings. The lowest BCUT2D eigenvalue weighted by molar-refractivity contribution is 0.0867. The number of piperidine rings is 1. The Morgan fingerprint density at radius 2 is 1.72 bits per heavy atom. The van der Waals surface area contributed by atoms with Crippen molar-refractivity contribution in [2.75, 3.05) is 26.7 Å². The summed E-state index contributed by atoms with van der Waals surface area (Å²) in [5.74, 6) is 0. The van der Waals surface area contributed by atoms with Crippen molar-refractivity contribution in [2.24, 2.45) is 0 Å². The smallest absolute Gasteiger partial charge is 0.0572 e. The molecule has 0 unspecified atom stereocenters. The zero-order valence-corrected chi connectivity index (χ0v) is 11.3. The van der Waals surface area contributed by atoms with Crippen molar-refractivity contribution >= 4 is 0 Å². The van der Waals surface area contributed by atoms with E-state index in [2.05, 4.69) is 34.6 Å². The number of hydrogen-bond acceptors (Lipinski definition) is 3. The molecule has 1 aromatic carbocycles. The standard InChI is InChI=1S/C15H24N2O/c1-18-16-13-15-7-5-14(6-8-15)9-12-17-10-3-2-4-11-17/h5-8,16H,2-4,9-13H2,1H3. The molecule has 0 bridgehead atoms. The molecule has 0 spiro atoms. The van der Waals surface area contributed by atoms with E-state index < -0.39 is 0 Å². The summed E-state index contributed by atoms with van der Waals surface area (Å²) >= 11 is 0. The highest BCUT2D eigenvalue weighted by atomic mass is 16.6. The van der Waals surface area contributed by atoms with E-state index in [0.29, 0.717) is 0 Å². The second-order valence-electron chi connectivity index (χ2n) is 4.99. The summed E-state index contributed by atoms with van der Waals surface area (Å²) in [6.45, 7) is 4.55. The topological polar surface area (TPSA) is 24.5 Å². The quantitative estimate of drug-likeness (QED) is 0.782. The van der Waals surface area contributed by atoms with Gasteiger partial charge in [0.1, 0.15) is 0 Å². The lowest BCUT2D eigenvalue weighted by Crippen LogP contribution is -2.31. The molecule has 0 aromatic heterocycles. The maximum atomic E-state index is 4.85. The second kappa shape index (κ2) is 7.52. The molecule has 0 radical (unpaired) electrons. The molecular weight excluding hydrogens is 224 g/mol.